The number of carbonyl (C=O) groups excluding carboxylic acids is 3. The number of carbonyl (C=O) groups is 5. The molecule has 5 aromatic carbocycles. The number of esters is 1. The number of aryl methyl sites for hydroxylation is 1. The summed E-state index contributed by atoms with van der Waals surface area (Å²) in [6.45, 7) is 5.22. The van der Waals surface area contributed by atoms with Crippen molar-refractivity contribution in [2.75, 3.05) is 24.7 Å². The molecule has 5 aliphatic carbocycles. The SMILES string of the molecule is CC(=O)CCCCCC[C@@H]1[C@@H](CC[C@@H](O)CSc2ccccc2F)[C@H](O)C[C@@H]1O.CC(=O)CCCCCC[C@@H]1[C@@H](CC[C@@H](O)CSc2ccccc2F)[C@H](O)C[C@@H]1O.CC(C)OC(=O)CCC/C=C\C[C@@H]1[C@@H](/C=C/C(F)(F)COc2ccccc2)[C@H](O)C[C@@H]1O.O=C(O)CCC/C=C\C[C@@H]1[C@@H](/C=C/C(F)(F)COc2ccccc2)[C@H](O)C[C@@H]1O.O=C(O)CCC/C=C\C[C@@H]1[C@@H](CC[C@@H](O)CCc2ccccc2)[C@H](O)C[C@@H]1O. The van der Waals surface area contributed by atoms with Crippen molar-refractivity contribution in [3.63, 3.8) is 0 Å². The normalized spacial score (nSPS) is 25.1. The summed E-state index contributed by atoms with van der Waals surface area (Å²) in [7, 11) is 0. The molecule has 0 aliphatic heterocycles. The predicted octanol–water partition coefficient (Wildman–Crippen LogP) is 20.5. The van der Waals surface area contributed by atoms with E-state index in [4.69, 9.17) is 24.4 Å². The topological polar surface area (TPSA) is 416 Å². The van der Waals surface area contributed by atoms with Crippen LogP contribution in [0, 0.1) is 70.8 Å². The minimum Gasteiger partial charge on any atom is -0.487 e. The molecule has 0 bridgehead atoms. The molecule has 0 saturated heterocycles. The Morgan fingerprint density at radius 3 is 1.06 bits per heavy atom. The van der Waals surface area contributed by atoms with E-state index in [9.17, 15) is 117 Å². The highest BCUT2D eigenvalue weighted by Gasteiger charge is 2.46. The monoisotopic (exact) mass is 2110 g/mol. The molecule has 0 unspecified atom stereocenters. The molecule has 0 aromatic heterocycles. The van der Waals surface area contributed by atoms with Gasteiger partial charge in [0.1, 0.15) is 34.7 Å². The van der Waals surface area contributed by atoms with Crippen LogP contribution in [0.1, 0.15) is 264 Å². The van der Waals surface area contributed by atoms with Gasteiger partial charge in [0.05, 0.1) is 85.5 Å². The smallest absolute Gasteiger partial charge is 0.306 e. The number of ketones is 2. The molecule has 23 nitrogen and oxygen atoms in total. The summed E-state index contributed by atoms with van der Waals surface area (Å²) in [4.78, 5) is 55.5. The van der Waals surface area contributed by atoms with Gasteiger partial charge in [0, 0.05) is 78.1 Å². The molecule has 10 rings (SSSR count). The van der Waals surface area contributed by atoms with E-state index >= 15 is 0 Å². The molecule has 147 heavy (non-hydrogen) atoms. The van der Waals surface area contributed by atoms with Crippen LogP contribution in [0.4, 0.5) is 26.3 Å². The third-order valence-electron chi connectivity index (χ3n) is 28.0. The Balaban J connectivity index is 0.000000281. The van der Waals surface area contributed by atoms with Crippen LogP contribution in [0.15, 0.2) is 210 Å². The summed E-state index contributed by atoms with van der Waals surface area (Å²) < 4.78 is 99.5. The van der Waals surface area contributed by atoms with Gasteiger partial charge in [-0.3, -0.25) is 14.4 Å². The maximum Gasteiger partial charge on any atom is 0.306 e. The summed E-state index contributed by atoms with van der Waals surface area (Å²) in [6, 6.07) is 39.9. The molecule has 15 N–H and O–H groups in total. The van der Waals surface area contributed by atoms with Gasteiger partial charge in [-0.1, -0.05) is 178 Å². The second-order valence-corrected chi connectivity index (χ2v) is 42.5. The Morgan fingerprint density at radius 2 is 0.687 bits per heavy atom. The standard InChI is InChI=1S/C25H34F2O5.2C23H35FO4S.C23H34O5.C22H28F2O5/c1-18(2)32-24(30)13-9-4-3-8-12-20-21(23(29)16-22(20)28)14-15-25(26,27)17-31-19-10-6-5-7-11-19;2*1-16(25)8-4-2-3-5-9-18-19(22(28)14-21(18)27)13-12-17(26)15-29-23-11-7-6-10-20(23)24;24-18(13-12-17-8-4-3-5-9-17)14-15-20-19(21(25)16-22(20)26)10-6-1-2-7-11-23(27)28;23-22(24,15-29-16-8-4-3-5-9-16)13-12-18-17(19(25)14-20(18)26)10-6-1-2-7-11-21(27)28/h3,5-8,10-11,14-15,18,20-23,28-29H,4,9,12-13,16-17H2,1-2H3;2*6-7,10-11,17-19,21-22,26-28H,2-5,8-9,12-15H2,1H3;1,3-6,8-9,18-22,24-26H,2,7,10-16H2,(H,27,28);1,3-6,8-9,12-13,17-20,25-26H,2,7,10-11,14-15H2,(H,27,28)/b8-3-,15-14+;;;6-1-;6-1-,13-12+/t20-,21-,22+,23-;2*17-,18-,19-,21+,22-;18-,19+,20+,21-,22+;17-,18-,19+,20-/m11101/s1. The summed E-state index contributed by atoms with van der Waals surface area (Å²) in [5, 5.41) is 151. The Hall–Kier alpha value is -8.09. The van der Waals surface area contributed by atoms with E-state index in [0.717, 1.165) is 82.8 Å². The van der Waals surface area contributed by atoms with Gasteiger partial charge in [0.25, 0.3) is 11.8 Å². The van der Waals surface area contributed by atoms with Crippen LogP contribution >= 0.6 is 23.5 Å². The molecule has 0 radical (unpaired) electrons. The van der Waals surface area contributed by atoms with Crippen molar-refractivity contribution in [2.24, 2.45) is 59.2 Å². The maximum absolute atomic E-state index is 14.2. The van der Waals surface area contributed by atoms with Crippen molar-refractivity contribution >= 4 is 53.0 Å². The van der Waals surface area contributed by atoms with Crippen LogP contribution in [0.5, 0.6) is 11.5 Å². The number of para-hydroxylation sites is 2. The first-order chi connectivity index (χ1) is 70.2. The Kier molecular flexibility index (Phi) is 61.6. The third kappa shape index (κ3) is 52.2. The van der Waals surface area contributed by atoms with Gasteiger partial charge in [-0.25, -0.2) is 8.78 Å². The second-order valence-electron chi connectivity index (χ2n) is 40.4. The first-order valence-electron chi connectivity index (χ1n) is 52.9. The van der Waals surface area contributed by atoms with Crippen molar-refractivity contribution in [3.05, 3.63) is 217 Å². The van der Waals surface area contributed by atoms with Gasteiger partial charge in [0.2, 0.25) is 0 Å². The largest absolute Gasteiger partial charge is 0.487 e. The van der Waals surface area contributed by atoms with Crippen molar-refractivity contribution in [2.45, 2.75) is 372 Å². The molecule has 0 amide bonds. The number of carboxylic acids is 2. The fourth-order valence-electron chi connectivity index (χ4n) is 20.0. The number of hydrogen-bond donors (Lipinski definition) is 15. The number of alkyl halides is 4. The fraction of sp³-hybridized carbons (Fsp3) is 0.612. The van der Waals surface area contributed by atoms with Crippen molar-refractivity contribution in [1.29, 1.82) is 0 Å². The number of halogens is 6. The van der Waals surface area contributed by atoms with Crippen molar-refractivity contribution < 1.29 is 141 Å². The molecule has 31 heteroatoms. The lowest BCUT2D eigenvalue weighted by Gasteiger charge is -2.24. The Labute approximate surface area is 874 Å². The fourth-order valence-corrected chi connectivity index (χ4v) is 21.8. The molecule has 0 spiro atoms. The van der Waals surface area contributed by atoms with Crippen LogP contribution in [0.2, 0.25) is 0 Å². The third-order valence-corrected chi connectivity index (χ3v) is 30.4. The number of aliphatic hydroxyl groups excluding tert-OH is 13. The van der Waals surface area contributed by atoms with E-state index in [2.05, 4.69) is 12.1 Å². The van der Waals surface area contributed by atoms with Crippen LogP contribution in [0.25, 0.3) is 0 Å². The zero-order valence-corrected chi connectivity index (χ0v) is 87.6. The number of allylic oxidation sites excluding steroid dienone is 6. The van der Waals surface area contributed by atoms with Crippen molar-refractivity contribution in [1.82, 2.24) is 0 Å². The zero-order chi connectivity index (χ0) is 108. The van der Waals surface area contributed by atoms with Gasteiger partial charge in [0.15, 0.2) is 13.2 Å². The maximum atomic E-state index is 14.2. The first-order valence-corrected chi connectivity index (χ1v) is 54.9. The van der Waals surface area contributed by atoms with Crippen molar-refractivity contribution in [3.8, 4) is 11.5 Å². The molecular weight excluding hydrogens is 1940 g/mol. The number of thioether (sulfide) groups is 2. The highest BCUT2D eigenvalue weighted by Crippen LogP contribution is 2.45. The molecule has 23 atom stereocenters. The highest BCUT2D eigenvalue weighted by molar-refractivity contribution is 7.99. The average Bonchev–Trinajstić information content (AvgIpc) is 1.74. The molecule has 5 fully saturated rings. The van der Waals surface area contributed by atoms with E-state index < -0.39 is 128 Å². The number of benzene rings is 5. The Morgan fingerprint density at radius 1 is 0.367 bits per heavy atom. The molecule has 0 heterocycles. The molecule has 5 aliphatic rings. The van der Waals surface area contributed by atoms with Gasteiger partial charge in [-0.2, -0.15) is 17.6 Å². The van der Waals surface area contributed by atoms with Gasteiger partial charge >= 0.3 is 17.9 Å². The lowest BCUT2D eigenvalue weighted by molar-refractivity contribution is -0.147. The summed E-state index contributed by atoms with van der Waals surface area (Å²) in [6.07, 6.45) is 30.9. The summed E-state index contributed by atoms with van der Waals surface area (Å²) in [5.74, 6) is -8.63. The summed E-state index contributed by atoms with van der Waals surface area (Å²) in [5.41, 5.74) is 1.21. The molecular formula is C116H166F6O23S2. The Bertz CT molecular complexity index is 4510. The zero-order valence-electron chi connectivity index (χ0n) is 86.0. The minimum absolute atomic E-state index is 0.00432. The van der Waals surface area contributed by atoms with Gasteiger partial charge in [-0.05, 0) is 295 Å². The highest BCUT2D eigenvalue weighted by atomic mass is 32.2. The first kappa shape index (κ1) is 128. The number of carboxylic acid groups (broad SMARTS) is 2. The molecule has 822 valence electrons. The number of aliphatic carboxylic acids is 2. The average molecular weight is 2110 g/mol. The van der Waals surface area contributed by atoms with E-state index in [0.29, 0.717) is 174 Å². The number of unbranched alkanes of at least 4 members (excludes halogenated alkanes) is 9. The number of hydrogen-bond acceptors (Lipinski definition) is 23. The number of rotatable bonds is 61. The minimum atomic E-state index is -3.21. The van der Waals surface area contributed by atoms with Crippen LogP contribution in [0.3, 0.4) is 0 Å². The van der Waals surface area contributed by atoms with E-state index in [1.807, 2.05) is 54.7 Å². The van der Waals surface area contributed by atoms with E-state index in [-0.39, 0.29) is 108 Å². The summed E-state index contributed by atoms with van der Waals surface area (Å²) >= 11 is 2.60. The molecule has 5 aromatic rings. The van der Waals surface area contributed by atoms with Gasteiger partial charge < -0.3 is 100 Å². The number of ether oxygens (including phenoxy) is 3. The molecule has 5 saturated carbocycles. The quantitative estimate of drug-likeness (QED) is 0.00565. The lowest BCUT2D eigenvalue weighted by atomic mass is 9.85. The van der Waals surface area contributed by atoms with E-state index in [1.54, 1.807) is 125 Å². The van der Waals surface area contributed by atoms with E-state index in [1.165, 1.54) is 53.4 Å². The van der Waals surface area contributed by atoms with Crippen LogP contribution < -0.4 is 9.47 Å². The predicted molar refractivity (Wildman–Crippen MR) is 561 cm³/mol. The van der Waals surface area contributed by atoms with Gasteiger partial charge in [-0.15, -0.1) is 23.5 Å². The second kappa shape index (κ2) is 70.9. The number of Topliss-reactive ketones (excluding diaryl/α,β-unsaturated/α-hetero) is 2. The van der Waals surface area contributed by atoms with Crippen LogP contribution in [-0.2, 0) is 35.1 Å². The lowest BCUT2D eigenvalue weighted by Crippen LogP contribution is -2.25. The number of aliphatic hydroxyl groups is 13. The van der Waals surface area contributed by atoms with Crippen LogP contribution in [-0.4, -0.2) is 228 Å².